The summed E-state index contributed by atoms with van der Waals surface area (Å²) in [5.74, 6) is 0. The fourth-order valence-electron chi connectivity index (χ4n) is 9.26. The van der Waals surface area contributed by atoms with E-state index in [1.54, 1.807) is 0 Å². The van der Waals surface area contributed by atoms with Crippen LogP contribution in [0.3, 0.4) is 0 Å². The molecule has 0 bridgehead atoms. The Hall–Kier alpha value is -6.68. The van der Waals surface area contributed by atoms with Crippen LogP contribution in [-0.2, 0) is 0 Å². The molecular weight excluding hydrogens is 657 g/mol. The van der Waals surface area contributed by atoms with Crippen molar-refractivity contribution in [3.63, 3.8) is 0 Å². The number of para-hydroxylation sites is 2. The molecule has 0 spiro atoms. The zero-order valence-corrected chi connectivity index (χ0v) is 30.0. The molecule has 0 aliphatic carbocycles. The van der Waals surface area contributed by atoms with Crippen molar-refractivity contribution in [2.24, 2.45) is 0 Å². The second-order valence-corrected chi connectivity index (χ2v) is 17.9. The van der Waals surface area contributed by atoms with E-state index in [9.17, 15) is 0 Å². The predicted octanol–water partition coefficient (Wildman–Crippen LogP) is 9.87. The van der Waals surface area contributed by atoms with Gasteiger partial charge in [0.2, 0.25) is 0 Å². The minimum absolute atomic E-state index is 1.17. The highest BCUT2D eigenvalue weighted by atomic mass is 28.3. The molecule has 3 heterocycles. The SMILES string of the molecule is c1ccc([Si](c2ccccc2)(c2ccccc2)c2cccc(-n3c4ccccc4c4c5cc6c7ccccc7c7ccccc7n6c5ccc43)c2)cc1. The zero-order valence-electron chi connectivity index (χ0n) is 29.0. The monoisotopic (exact) mass is 690 g/mol. The second-order valence-electron chi connectivity index (χ2n) is 14.1. The van der Waals surface area contributed by atoms with Gasteiger partial charge in [-0.2, -0.15) is 0 Å². The molecule has 11 aromatic rings. The summed E-state index contributed by atoms with van der Waals surface area (Å²) < 4.78 is 4.96. The lowest BCUT2D eigenvalue weighted by molar-refractivity contribution is 1.18. The van der Waals surface area contributed by atoms with Gasteiger partial charge < -0.3 is 8.97 Å². The Kier molecular flexibility index (Phi) is 6.61. The standard InChI is InChI=1S/C50H34N2Si/c1-4-18-36(19-5-1)53(37-20-6-2-7-21-37,38-22-8-3-9-23-38)39-24-16-17-35(33-39)51-46-30-15-13-28-43(46)50-44-34-49-42-27-11-10-25-40(42)41-26-12-14-29-45(41)52(49)47(44)31-32-48(50)51/h1-34H. The first-order valence-electron chi connectivity index (χ1n) is 18.4. The molecule has 0 unspecified atom stereocenters. The van der Waals surface area contributed by atoms with E-state index >= 15 is 0 Å². The van der Waals surface area contributed by atoms with Gasteiger partial charge in [0.05, 0.1) is 27.6 Å². The number of rotatable bonds is 5. The van der Waals surface area contributed by atoms with Crippen molar-refractivity contribution >= 4 is 88.7 Å². The van der Waals surface area contributed by atoms with E-state index in [1.807, 2.05) is 0 Å². The lowest BCUT2D eigenvalue weighted by Gasteiger charge is -2.34. The number of aromatic nitrogens is 2. The van der Waals surface area contributed by atoms with E-state index < -0.39 is 8.07 Å². The van der Waals surface area contributed by atoms with Gasteiger partial charge in [0.1, 0.15) is 0 Å². The molecule has 0 saturated carbocycles. The molecule has 2 nitrogen and oxygen atoms in total. The van der Waals surface area contributed by atoms with Gasteiger partial charge in [-0.15, -0.1) is 0 Å². The quantitative estimate of drug-likeness (QED) is 0.0967. The van der Waals surface area contributed by atoms with Crippen LogP contribution in [0.4, 0.5) is 0 Å². The van der Waals surface area contributed by atoms with E-state index in [1.165, 1.54) is 86.3 Å². The van der Waals surface area contributed by atoms with E-state index in [0.717, 1.165) is 0 Å². The average molecular weight is 691 g/mol. The summed E-state index contributed by atoms with van der Waals surface area (Å²) in [5.41, 5.74) is 7.30. The van der Waals surface area contributed by atoms with Crippen molar-refractivity contribution in [2.75, 3.05) is 0 Å². The van der Waals surface area contributed by atoms with Crippen molar-refractivity contribution in [3.8, 4) is 5.69 Å². The molecule has 3 aromatic heterocycles. The Morgan fingerprint density at radius 2 is 0.755 bits per heavy atom. The Morgan fingerprint density at radius 1 is 0.283 bits per heavy atom. The van der Waals surface area contributed by atoms with Crippen LogP contribution in [0, 0.1) is 0 Å². The van der Waals surface area contributed by atoms with Crippen LogP contribution in [0.1, 0.15) is 0 Å². The van der Waals surface area contributed by atoms with Crippen molar-refractivity contribution in [3.05, 3.63) is 206 Å². The summed E-state index contributed by atoms with van der Waals surface area (Å²) in [6, 6.07) is 76.7. The van der Waals surface area contributed by atoms with Gasteiger partial charge in [-0.1, -0.05) is 164 Å². The highest BCUT2D eigenvalue weighted by molar-refractivity contribution is 7.19. The first-order chi connectivity index (χ1) is 26.3. The minimum Gasteiger partial charge on any atom is -0.309 e. The summed E-state index contributed by atoms with van der Waals surface area (Å²) in [6.07, 6.45) is 0. The van der Waals surface area contributed by atoms with Gasteiger partial charge in [-0.05, 0) is 68.6 Å². The predicted molar refractivity (Wildman–Crippen MR) is 228 cm³/mol. The highest BCUT2D eigenvalue weighted by Gasteiger charge is 2.41. The molecular formula is C50H34N2Si. The molecule has 0 saturated heterocycles. The summed E-state index contributed by atoms with van der Waals surface area (Å²) in [6.45, 7) is 0. The molecule has 0 aliphatic rings. The lowest BCUT2D eigenvalue weighted by atomic mass is 10.0. The normalized spacial score (nSPS) is 12.2. The van der Waals surface area contributed by atoms with Crippen LogP contribution in [0.5, 0.6) is 0 Å². The summed E-state index contributed by atoms with van der Waals surface area (Å²) in [4.78, 5) is 0. The molecule has 8 aromatic carbocycles. The van der Waals surface area contributed by atoms with Gasteiger partial charge in [-0.3, -0.25) is 0 Å². The molecule has 0 radical (unpaired) electrons. The summed E-state index contributed by atoms with van der Waals surface area (Å²) in [5, 5.41) is 13.1. The van der Waals surface area contributed by atoms with E-state index in [2.05, 4.69) is 215 Å². The lowest BCUT2D eigenvalue weighted by Crippen LogP contribution is -2.74. The molecule has 3 heteroatoms. The Labute approximate surface area is 308 Å². The van der Waals surface area contributed by atoms with E-state index in [-0.39, 0.29) is 0 Å². The molecule has 248 valence electrons. The summed E-state index contributed by atoms with van der Waals surface area (Å²) in [7, 11) is -2.71. The maximum absolute atomic E-state index is 2.71. The first-order valence-corrected chi connectivity index (χ1v) is 20.4. The molecule has 0 amide bonds. The van der Waals surface area contributed by atoms with Crippen molar-refractivity contribution in [1.82, 2.24) is 8.97 Å². The van der Waals surface area contributed by atoms with Crippen LogP contribution in [0.2, 0.25) is 0 Å². The Bertz CT molecular complexity index is 3060. The third kappa shape index (κ3) is 4.26. The van der Waals surface area contributed by atoms with E-state index in [0.29, 0.717) is 0 Å². The number of nitrogens with zero attached hydrogens (tertiary/aromatic N) is 2. The van der Waals surface area contributed by atoms with Gasteiger partial charge in [-0.25, -0.2) is 0 Å². The van der Waals surface area contributed by atoms with E-state index in [4.69, 9.17) is 0 Å². The first kappa shape index (κ1) is 30.0. The number of fused-ring (bicyclic) bond motifs is 12. The van der Waals surface area contributed by atoms with Crippen LogP contribution in [0.25, 0.3) is 65.6 Å². The zero-order chi connectivity index (χ0) is 34.9. The highest BCUT2D eigenvalue weighted by Crippen LogP contribution is 2.41. The van der Waals surface area contributed by atoms with Crippen LogP contribution in [0.15, 0.2) is 206 Å². The van der Waals surface area contributed by atoms with Gasteiger partial charge in [0.15, 0.2) is 8.07 Å². The maximum atomic E-state index is 2.49. The third-order valence-corrected chi connectivity index (χ3v) is 16.2. The van der Waals surface area contributed by atoms with Crippen molar-refractivity contribution in [2.45, 2.75) is 0 Å². The largest absolute Gasteiger partial charge is 0.309 e. The molecule has 53 heavy (non-hydrogen) atoms. The average Bonchev–Trinajstić information content (AvgIpc) is 3.79. The molecule has 0 atom stereocenters. The number of benzene rings is 8. The molecule has 0 fully saturated rings. The van der Waals surface area contributed by atoms with Gasteiger partial charge >= 0.3 is 0 Å². The van der Waals surface area contributed by atoms with Gasteiger partial charge in [0.25, 0.3) is 0 Å². The van der Waals surface area contributed by atoms with Crippen LogP contribution < -0.4 is 20.7 Å². The minimum atomic E-state index is -2.71. The Balaban J connectivity index is 1.23. The fourth-order valence-corrected chi connectivity index (χ4v) is 14.1. The smallest absolute Gasteiger partial charge is 0.179 e. The fraction of sp³-hybridized carbons (Fsp3) is 0. The third-order valence-electron chi connectivity index (χ3n) is 11.4. The molecule has 11 rings (SSSR count). The molecule has 0 aliphatic heterocycles. The summed E-state index contributed by atoms with van der Waals surface area (Å²) >= 11 is 0. The maximum Gasteiger partial charge on any atom is 0.179 e. The van der Waals surface area contributed by atoms with Crippen molar-refractivity contribution < 1.29 is 0 Å². The van der Waals surface area contributed by atoms with Crippen LogP contribution in [-0.4, -0.2) is 17.0 Å². The Morgan fingerprint density at radius 3 is 1.40 bits per heavy atom. The van der Waals surface area contributed by atoms with Gasteiger partial charge in [0, 0.05) is 32.6 Å². The second kappa shape index (κ2) is 11.7. The number of pyridine rings is 1. The number of hydrogen-bond acceptors (Lipinski definition) is 0. The van der Waals surface area contributed by atoms with Crippen LogP contribution >= 0.6 is 0 Å². The molecule has 0 N–H and O–H groups in total. The topological polar surface area (TPSA) is 9.34 Å². The van der Waals surface area contributed by atoms with Crippen molar-refractivity contribution in [1.29, 1.82) is 0 Å². The number of hydrogen-bond donors (Lipinski definition) is 0.